The molecule has 4 saturated carbocycles. The van der Waals surface area contributed by atoms with Gasteiger partial charge in [0.25, 0.3) is 0 Å². The van der Waals surface area contributed by atoms with Crippen LogP contribution in [0.3, 0.4) is 0 Å². The van der Waals surface area contributed by atoms with Crippen molar-refractivity contribution >= 4 is 5.91 Å². The summed E-state index contributed by atoms with van der Waals surface area (Å²) in [5.74, 6) is 3.78. The molecular weight excluding hydrogens is 334 g/mol. The van der Waals surface area contributed by atoms with Crippen molar-refractivity contribution in [1.82, 2.24) is 14.7 Å². The van der Waals surface area contributed by atoms with Crippen LogP contribution in [0, 0.1) is 29.6 Å². The minimum atomic E-state index is 0.280. The van der Waals surface area contributed by atoms with Gasteiger partial charge in [0.15, 0.2) is 0 Å². The molecule has 4 fully saturated rings. The maximum Gasteiger partial charge on any atom is 0.226 e. The minimum Gasteiger partial charge on any atom is -0.341 e. The molecule has 0 radical (unpaired) electrons. The Bertz CT molecular complexity index is 784. The summed E-state index contributed by atoms with van der Waals surface area (Å²) in [5.41, 5.74) is 2.36. The summed E-state index contributed by atoms with van der Waals surface area (Å²) in [5, 5.41) is 4.49. The Morgan fingerprint density at radius 3 is 2.37 bits per heavy atom. The molecule has 1 amide bonds. The predicted molar refractivity (Wildman–Crippen MR) is 105 cm³/mol. The van der Waals surface area contributed by atoms with E-state index in [2.05, 4.69) is 35.6 Å². The molecule has 0 saturated heterocycles. The van der Waals surface area contributed by atoms with Crippen LogP contribution in [0.5, 0.6) is 0 Å². The molecule has 6 rings (SSSR count). The van der Waals surface area contributed by atoms with Crippen molar-refractivity contribution in [1.29, 1.82) is 0 Å². The summed E-state index contributed by atoms with van der Waals surface area (Å²) in [6.45, 7) is 1.43. The molecule has 4 nitrogen and oxygen atoms in total. The van der Waals surface area contributed by atoms with Gasteiger partial charge in [-0.3, -0.25) is 9.48 Å². The highest BCUT2D eigenvalue weighted by Crippen LogP contribution is 2.56. The van der Waals surface area contributed by atoms with E-state index in [1.165, 1.54) is 37.7 Å². The second kappa shape index (κ2) is 6.81. The molecule has 1 aromatic carbocycles. The highest BCUT2D eigenvalue weighted by molar-refractivity contribution is 5.79. The Labute approximate surface area is 161 Å². The number of aromatic nitrogens is 2. The Hall–Kier alpha value is -2.10. The predicted octanol–water partition coefficient (Wildman–Crippen LogP) is 3.96. The van der Waals surface area contributed by atoms with Crippen molar-refractivity contribution in [3.05, 3.63) is 53.9 Å². The lowest BCUT2D eigenvalue weighted by molar-refractivity contribution is -0.148. The molecule has 0 spiro atoms. The molecule has 2 aromatic rings. The Kier molecular flexibility index (Phi) is 4.30. The van der Waals surface area contributed by atoms with Gasteiger partial charge in [0.1, 0.15) is 0 Å². The molecule has 27 heavy (non-hydrogen) atoms. The second-order valence-corrected chi connectivity index (χ2v) is 9.18. The van der Waals surface area contributed by atoms with E-state index in [1.807, 2.05) is 28.9 Å². The van der Waals surface area contributed by atoms with Gasteiger partial charge >= 0.3 is 0 Å². The maximum atomic E-state index is 13.2. The lowest BCUT2D eigenvalue weighted by Crippen LogP contribution is -2.51. The Balaban J connectivity index is 1.23. The second-order valence-electron chi connectivity index (χ2n) is 9.18. The smallest absolute Gasteiger partial charge is 0.226 e. The van der Waals surface area contributed by atoms with E-state index in [9.17, 15) is 4.79 Å². The number of nitrogens with zero attached hydrogens (tertiary/aromatic N) is 3. The Morgan fingerprint density at radius 1 is 1.04 bits per heavy atom. The molecule has 4 heteroatoms. The van der Waals surface area contributed by atoms with Gasteiger partial charge in [-0.1, -0.05) is 30.3 Å². The molecule has 4 aliphatic carbocycles. The lowest BCUT2D eigenvalue weighted by Gasteiger charge is -2.54. The average molecular weight is 364 g/mol. The summed E-state index contributed by atoms with van der Waals surface area (Å²) >= 11 is 0. The maximum absolute atomic E-state index is 13.2. The third kappa shape index (κ3) is 3.30. The van der Waals surface area contributed by atoms with E-state index in [0.29, 0.717) is 24.3 Å². The molecule has 0 unspecified atom stereocenters. The first-order chi connectivity index (χ1) is 13.2. The van der Waals surface area contributed by atoms with Crippen LogP contribution in [0.25, 0.3) is 0 Å². The number of carbonyl (C=O) groups is 1. The molecular formula is C23H29N3O. The van der Waals surface area contributed by atoms with Gasteiger partial charge in [-0.05, 0) is 61.3 Å². The summed E-state index contributed by atoms with van der Waals surface area (Å²) in [4.78, 5) is 15.2. The van der Waals surface area contributed by atoms with E-state index >= 15 is 0 Å². The number of hydrogen-bond donors (Lipinski definition) is 0. The van der Waals surface area contributed by atoms with Crippen LogP contribution >= 0.6 is 0 Å². The molecule has 4 aliphatic rings. The van der Waals surface area contributed by atoms with E-state index in [-0.39, 0.29) is 5.92 Å². The van der Waals surface area contributed by atoms with Crippen LogP contribution in [0.1, 0.15) is 43.2 Å². The fourth-order valence-electron chi connectivity index (χ4n) is 6.28. The largest absolute Gasteiger partial charge is 0.341 e. The number of amides is 1. The highest BCUT2D eigenvalue weighted by atomic mass is 16.2. The summed E-state index contributed by atoms with van der Waals surface area (Å²) in [6, 6.07) is 10.4. The molecule has 142 valence electrons. The summed E-state index contributed by atoms with van der Waals surface area (Å²) in [6.07, 6.45) is 10.6. The van der Waals surface area contributed by atoms with Crippen LogP contribution in [-0.2, 0) is 17.9 Å². The van der Waals surface area contributed by atoms with Crippen molar-refractivity contribution in [2.75, 3.05) is 7.05 Å². The lowest BCUT2D eigenvalue weighted by atomic mass is 9.51. The number of carbonyl (C=O) groups excluding carboxylic acids is 1. The topological polar surface area (TPSA) is 38.1 Å². The van der Waals surface area contributed by atoms with Crippen LogP contribution in [0.15, 0.2) is 42.7 Å². The Morgan fingerprint density at radius 2 is 1.70 bits per heavy atom. The van der Waals surface area contributed by atoms with Crippen LogP contribution < -0.4 is 0 Å². The van der Waals surface area contributed by atoms with Gasteiger partial charge in [0, 0.05) is 31.3 Å². The average Bonchev–Trinajstić information content (AvgIpc) is 3.08. The van der Waals surface area contributed by atoms with Crippen molar-refractivity contribution in [3.63, 3.8) is 0 Å². The first kappa shape index (κ1) is 17.0. The standard InChI is InChI=1S/C23H29N3O/c1-25(13-19-12-24-26(15-19)14-16-5-3-2-4-6-16)23(27)22-20-8-17-7-18(10-20)11-21(22)9-17/h2-6,12,15,17-18,20-22H,7-11,13-14H2,1H3. The van der Waals surface area contributed by atoms with Crippen LogP contribution in [0.4, 0.5) is 0 Å². The van der Waals surface area contributed by atoms with Crippen LogP contribution in [0.2, 0.25) is 0 Å². The fraction of sp³-hybridized carbons (Fsp3) is 0.565. The zero-order valence-electron chi connectivity index (χ0n) is 16.1. The highest BCUT2D eigenvalue weighted by Gasteiger charge is 2.51. The van der Waals surface area contributed by atoms with Crippen molar-refractivity contribution < 1.29 is 4.79 Å². The van der Waals surface area contributed by atoms with Crippen molar-refractivity contribution in [2.45, 2.75) is 45.2 Å². The number of hydrogen-bond acceptors (Lipinski definition) is 2. The molecule has 4 bridgehead atoms. The van der Waals surface area contributed by atoms with Gasteiger partial charge < -0.3 is 4.90 Å². The van der Waals surface area contributed by atoms with Crippen LogP contribution in [-0.4, -0.2) is 27.6 Å². The number of rotatable bonds is 5. The van der Waals surface area contributed by atoms with Gasteiger partial charge in [-0.15, -0.1) is 0 Å². The minimum absolute atomic E-state index is 0.280. The molecule has 0 N–H and O–H groups in total. The number of benzene rings is 1. The van der Waals surface area contributed by atoms with E-state index in [0.717, 1.165) is 23.9 Å². The third-order valence-electron chi connectivity index (χ3n) is 7.18. The van der Waals surface area contributed by atoms with E-state index in [1.54, 1.807) is 0 Å². The fourth-order valence-corrected chi connectivity index (χ4v) is 6.28. The quantitative estimate of drug-likeness (QED) is 0.806. The summed E-state index contributed by atoms with van der Waals surface area (Å²) < 4.78 is 1.96. The first-order valence-electron chi connectivity index (χ1n) is 10.5. The van der Waals surface area contributed by atoms with Gasteiger partial charge in [0.05, 0.1) is 12.7 Å². The molecule has 0 aliphatic heterocycles. The molecule has 0 atom stereocenters. The van der Waals surface area contributed by atoms with Gasteiger partial charge in [-0.2, -0.15) is 5.10 Å². The molecule has 1 heterocycles. The van der Waals surface area contributed by atoms with E-state index in [4.69, 9.17) is 0 Å². The van der Waals surface area contributed by atoms with E-state index < -0.39 is 0 Å². The third-order valence-corrected chi connectivity index (χ3v) is 7.18. The van der Waals surface area contributed by atoms with Crippen molar-refractivity contribution in [2.24, 2.45) is 29.6 Å². The van der Waals surface area contributed by atoms with Gasteiger partial charge in [-0.25, -0.2) is 0 Å². The normalized spacial score (nSPS) is 31.2. The SMILES string of the molecule is CN(Cc1cnn(Cc2ccccc2)c1)C(=O)C1C2CC3CC(C2)CC1C3. The van der Waals surface area contributed by atoms with Gasteiger partial charge in [0.2, 0.25) is 5.91 Å². The monoisotopic (exact) mass is 363 g/mol. The first-order valence-corrected chi connectivity index (χ1v) is 10.5. The molecule has 1 aromatic heterocycles. The zero-order chi connectivity index (χ0) is 18.4. The summed E-state index contributed by atoms with van der Waals surface area (Å²) in [7, 11) is 1.97. The zero-order valence-corrected chi connectivity index (χ0v) is 16.1. The van der Waals surface area contributed by atoms with Crippen molar-refractivity contribution in [3.8, 4) is 0 Å².